The van der Waals surface area contributed by atoms with E-state index in [4.69, 9.17) is 19.3 Å². The molecule has 190 valence electrons. The van der Waals surface area contributed by atoms with E-state index in [2.05, 4.69) is 63.2 Å². The lowest BCUT2D eigenvalue weighted by Crippen LogP contribution is -2.15. The monoisotopic (exact) mass is 488 g/mol. The number of rotatable bonds is 12. The molecule has 1 heterocycles. The molecule has 0 saturated carbocycles. The molecule has 0 amide bonds. The molecule has 3 aromatic rings. The number of benzene rings is 3. The Morgan fingerprint density at radius 3 is 2.53 bits per heavy atom. The summed E-state index contributed by atoms with van der Waals surface area (Å²) >= 11 is 0. The minimum absolute atomic E-state index is 0.0740. The van der Waals surface area contributed by atoms with Crippen molar-refractivity contribution in [2.75, 3.05) is 6.61 Å². The van der Waals surface area contributed by atoms with Crippen molar-refractivity contribution in [3.05, 3.63) is 77.4 Å². The molecule has 36 heavy (non-hydrogen) atoms. The highest BCUT2D eigenvalue weighted by molar-refractivity contribution is 5.69. The topological polar surface area (TPSA) is 65.0 Å². The Kier molecular flexibility index (Phi) is 8.52. The van der Waals surface area contributed by atoms with Gasteiger partial charge in [0.05, 0.1) is 19.1 Å². The van der Waals surface area contributed by atoms with E-state index < -0.39 is 5.97 Å². The molecule has 1 unspecified atom stereocenters. The highest BCUT2D eigenvalue weighted by atomic mass is 16.5. The molecule has 0 fully saturated rings. The Hall–Kier alpha value is -3.47. The van der Waals surface area contributed by atoms with Crippen molar-refractivity contribution >= 4 is 5.97 Å². The molecule has 1 N–H and O–H groups in total. The van der Waals surface area contributed by atoms with Crippen LogP contribution < -0.4 is 14.2 Å². The molecule has 0 bridgehead atoms. The van der Waals surface area contributed by atoms with Gasteiger partial charge in [-0.2, -0.15) is 0 Å². The van der Waals surface area contributed by atoms with Gasteiger partial charge >= 0.3 is 5.97 Å². The van der Waals surface area contributed by atoms with E-state index >= 15 is 0 Å². The number of fused-ring (bicyclic) bond motifs is 1. The fourth-order valence-electron chi connectivity index (χ4n) is 4.85. The Morgan fingerprint density at radius 1 is 1.03 bits per heavy atom. The number of aliphatic carboxylic acids is 1. The SMILES string of the molecule is CCCC(CCC)Oc1ccc(-c2cccc(COc3ccc4c(c3)OCC4CC(=O)O)c2)c(C)c1. The number of carboxylic acid groups (broad SMARTS) is 1. The molecule has 1 aliphatic rings. The molecule has 0 aromatic heterocycles. The molecule has 1 aliphatic heterocycles. The Bertz CT molecular complexity index is 1180. The number of hydrogen-bond acceptors (Lipinski definition) is 4. The van der Waals surface area contributed by atoms with Crippen LogP contribution in [0.3, 0.4) is 0 Å². The van der Waals surface area contributed by atoms with Gasteiger partial charge in [-0.1, -0.05) is 57.0 Å². The maximum atomic E-state index is 11.1. The van der Waals surface area contributed by atoms with Crippen LogP contribution in [0.4, 0.5) is 0 Å². The minimum atomic E-state index is -0.814. The molecule has 5 nitrogen and oxygen atoms in total. The minimum Gasteiger partial charge on any atom is -0.492 e. The van der Waals surface area contributed by atoms with Gasteiger partial charge in [-0.15, -0.1) is 0 Å². The van der Waals surface area contributed by atoms with Gasteiger partial charge in [-0.25, -0.2) is 0 Å². The van der Waals surface area contributed by atoms with E-state index in [1.807, 2.05) is 18.2 Å². The van der Waals surface area contributed by atoms with Crippen LogP contribution >= 0.6 is 0 Å². The van der Waals surface area contributed by atoms with E-state index in [0.29, 0.717) is 24.7 Å². The number of ether oxygens (including phenoxy) is 3. The zero-order valence-electron chi connectivity index (χ0n) is 21.5. The lowest BCUT2D eigenvalue weighted by molar-refractivity contribution is -0.137. The first-order chi connectivity index (χ1) is 17.5. The first kappa shape index (κ1) is 25.6. The van der Waals surface area contributed by atoms with Crippen molar-refractivity contribution in [1.29, 1.82) is 0 Å². The molecule has 0 radical (unpaired) electrons. The second-order valence-corrected chi connectivity index (χ2v) is 9.59. The van der Waals surface area contributed by atoms with Gasteiger partial charge in [0.25, 0.3) is 0 Å². The van der Waals surface area contributed by atoms with Crippen molar-refractivity contribution < 1.29 is 24.1 Å². The largest absolute Gasteiger partial charge is 0.492 e. The first-order valence-corrected chi connectivity index (χ1v) is 12.9. The summed E-state index contributed by atoms with van der Waals surface area (Å²) < 4.78 is 18.0. The summed E-state index contributed by atoms with van der Waals surface area (Å²) in [6.07, 6.45) is 4.76. The van der Waals surface area contributed by atoms with Crippen LogP contribution in [0.2, 0.25) is 0 Å². The number of carboxylic acids is 1. The van der Waals surface area contributed by atoms with Crippen molar-refractivity contribution in [3.63, 3.8) is 0 Å². The average molecular weight is 489 g/mol. The third-order valence-corrected chi connectivity index (χ3v) is 6.65. The molecule has 0 saturated heterocycles. The lowest BCUT2D eigenvalue weighted by Gasteiger charge is -2.19. The zero-order chi connectivity index (χ0) is 25.5. The summed E-state index contributed by atoms with van der Waals surface area (Å²) in [6.45, 7) is 7.36. The third-order valence-electron chi connectivity index (χ3n) is 6.65. The van der Waals surface area contributed by atoms with Crippen LogP contribution in [0.5, 0.6) is 17.2 Å². The van der Waals surface area contributed by atoms with Crippen molar-refractivity contribution in [3.8, 4) is 28.4 Å². The quantitative estimate of drug-likeness (QED) is 0.285. The van der Waals surface area contributed by atoms with Crippen LogP contribution in [-0.2, 0) is 11.4 Å². The van der Waals surface area contributed by atoms with Gasteiger partial charge in [0.1, 0.15) is 23.9 Å². The summed E-state index contributed by atoms with van der Waals surface area (Å²) in [7, 11) is 0. The lowest BCUT2D eigenvalue weighted by atomic mass is 9.98. The van der Waals surface area contributed by atoms with Crippen LogP contribution in [0.1, 0.15) is 68.6 Å². The normalized spacial score (nSPS) is 14.4. The molecular formula is C31H36O5. The highest BCUT2D eigenvalue weighted by Gasteiger charge is 2.26. The molecule has 0 spiro atoms. The maximum absolute atomic E-state index is 11.1. The predicted octanol–water partition coefficient (Wildman–Crippen LogP) is 7.54. The molecule has 4 rings (SSSR count). The molecule has 5 heteroatoms. The van der Waals surface area contributed by atoms with E-state index in [1.54, 1.807) is 0 Å². The molecule has 0 aliphatic carbocycles. The van der Waals surface area contributed by atoms with E-state index in [9.17, 15) is 4.79 Å². The van der Waals surface area contributed by atoms with Crippen LogP contribution in [-0.4, -0.2) is 23.8 Å². The summed E-state index contributed by atoms with van der Waals surface area (Å²) in [5.41, 5.74) is 5.52. The van der Waals surface area contributed by atoms with Crippen molar-refractivity contribution in [2.24, 2.45) is 0 Å². The van der Waals surface area contributed by atoms with Crippen molar-refractivity contribution in [2.45, 2.75) is 71.5 Å². The predicted molar refractivity (Wildman–Crippen MR) is 142 cm³/mol. The first-order valence-electron chi connectivity index (χ1n) is 12.9. The van der Waals surface area contributed by atoms with Gasteiger partial charge in [0.15, 0.2) is 0 Å². The second-order valence-electron chi connectivity index (χ2n) is 9.59. The number of hydrogen-bond donors (Lipinski definition) is 1. The Labute approximate surface area is 214 Å². The maximum Gasteiger partial charge on any atom is 0.304 e. The molecule has 3 aromatic carbocycles. The smallest absolute Gasteiger partial charge is 0.304 e. The van der Waals surface area contributed by atoms with Crippen LogP contribution in [0.15, 0.2) is 60.7 Å². The van der Waals surface area contributed by atoms with E-state index in [0.717, 1.165) is 48.1 Å². The fourth-order valence-corrected chi connectivity index (χ4v) is 4.85. The third kappa shape index (κ3) is 6.39. The van der Waals surface area contributed by atoms with E-state index in [-0.39, 0.29) is 18.4 Å². The average Bonchev–Trinajstić information content (AvgIpc) is 3.24. The second kappa shape index (κ2) is 12.0. The molecular weight excluding hydrogens is 452 g/mol. The summed E-state index contributed by atoms with van der Waals surface area (Å²) in [4.78, 5) is 11.1. The highest BCUT2D eigenvalue weighted by Crippen LogP contribution is 2.38. The zero-order valence-corrected chi connectivity index (χ0v) is 21.5. The molecule has 1 atom stereocenters. The summed E-state index contributed by atoms with van der Waals surface area (Å²) in [6, 6.07) is 20.4. The van der Waals surface area contributed by atoms with Gasteiger partial charge < -0.3 is 19.3 Å². The Balaban J connectivity index is 1.42. The van der Waals surface area contributed by atoms with Gasteiger partial charge in [-0.3, -0.25) is 4.79 Å². The Morgan fingerprint density at radius 2 is 1.81 bits per heavy atom. The standard InChI is InChI=1S/C31H36O5/c1-4-7-25(8-5-2)36-27-12-13-28(21(3)15-27)23-10-6-9-22(16-23)19-34-26-11-14-29-24(17-31(32)33)20-35-30(29)18-26/h6,9-16,18,24-25H,4-5,7-8,17,19-20H2,1-3H3,(H,32,33). The van der Waals surface area contributed by atoms with Crippen LogP contribution in [0.25, 0.3) is 11.1 Å². The fraction of sp³-hybridized carbons (Fsp3) is 0.387. The van der Waals surface area contributed by atoms with E-state index in [1.165, 1.54) is 11.1 Å². The number of carbonyl (C=O) groups is 1. The van der Waals surface area contributed by atoms with Crippen molar-refractivity contribution in [1.82, 2.24) is 0 Å². The number of aryl methyl sites for hydroxylation is 1. The van der Waals surface area contributed by atoms with Gasteiger partial charge in [0, 0.05) is 17.5 Å². The van der Waals surface area contributed by atoms with Gasteiger partial charge in [0.2, 0.25) is 0 Å². The van der Waals surface area contributed by atoms with Gasteiger partial charge in [-0.05, 0) is 66.3 Å². The summed E-state index contributed by atoms with van der Waals surface area (Å²) in [5.74, 6) is 1.44. The van der Waals surface area contributed by atoms with Crippen LogP contribution in [0, 0.1) is 6.92 Å². The summed E-state index contributed by atoms with van der Waals surface area (Å²) in [5, 5.41) is 9.09.